The maximum absolute atomic E-state index is 10.8. The zero-order chi connectivity index (χ0) is 10.1. The van der Waals surface area contributed by atoms with Crippen molar-refractivity contribution in [3.63, 3.8) is 0 Å². The Morgan fingerprint density at radius 1 is 1.23 bits per heavy atom. The second-order valence-electron chi connectivity index (χ2n) is 2.56. The van der Waals surface area contributed by atoms with Gasteiger partial charge in [-0.15, -0.1) is 0 Å². The standard InChI is InChI=1S/C9H16O4/c1-4-5-12-13-7-6-11-9(10)8(2)3/h2,4-7H2,1,3H3. The summed E-state index contributed by atoms with van der Waals surface area (Å²) in [4.78, 5) is 20.2. The zero-order valence-corrected chi connectivity index (χ0v) is 8.17. The van der Waals surface area contributed by atoms with Crippen LogP contribution in [0, 0.1) is 0 Å². The monoisotopic (exact) mass is 188 g/mol. The highest BCUT2D eigenvalue weighted by molar-refractivity contribution is 5.86. The van der Waals surface area contributed by atoms with Gasteiger partial charge in [-0.3, -0.25) is 0 Å². The summed E-state index contributed by atoms with van der Waals surface area (Å²) >= 11 is 0. The molecule has 0 fully saturated rings. The third kappa shape index (κ3) is 7.49. The molecule has 0 N–H and O–H groups in total. The molecule has 0 aromatic carbocycles. The Balaban J connectivity index is 3.16. The molecule has 0 heterocycles. The van der Waals surface area contributed by atoms with E-state index in [0.717, 1.165) is 6.42 Å². The van der Waals surface area contributed by atoms with Crippen molar-refractivity contribution in [2.75, 3.05) is 19.8 Å². The molecule has 0 aromatic rings. The van der Waals surface area contributed by atoms with E-state index >= 15 is 0 Å². The van der Waals surface area contributed by atoms with Gasteiger partial charge in [-0.05, 0) is 13.3 Å². The summed E-state index contributed by atoms with van der Waals surface area (Å²) in [5, 5.41) is 0. The van der Waals surface area contributed by atoms with Crippen LogP contribution in [0.4, 0.5) is 0 Å². The van der Waals surface area contributed by atoms with E-state index in [-0.39, 0.29) is 13.2 Å². The summed E-state index contributed by atoms with van der Waals surface area (Å²) < 4.78 is 4.74. The molecule has 0 saturated carbocycles. The van der Waals surface area contributed by atoms with Crippen molar-refractivity contribution in [1.82, 2.24) is 0 Å². The van der Waals surface area contributed by atoms with E-state index in [9.17, 15) is 4.79 Å². The molecular formula is C9H16O4. The number of esters is 1. The van der Waals surface area contributed by atoms with Gasteiger partial charge in [-0.1, -0.05) is 13.5 Å². The first-order valence-corrected chi connectivity index (χ1v) is 4.25. The molecule has 0 bridgehead atoms. The van der Waals surface area contributed by atoms with Gasteiger partial charge in [0.1, 0.15) is 13.2 Å². The molecule has 0 radical (unpaired) electrons. The maximum atomic E-state index is 10.8. The van der Waals surface area contributed by atoms with E-state index in [1.807, 2.05) is 6.92 Å². The van der Waals surface area contributed by atoms with Gasteiger partial charge in [0.05, 0.1) is 6.61 Å². The zero-order valence-electron chi connectivity index (χ0n) is 8.17. The highest BCUT2D eigenvalue weighted by Crippen LogP contribution is 1.91. The predicted molar refractivity (Wildman–Crippen MR) is 48.0 cm³/mol. The molecule has 76 valence electrons. The lowest BCUT2D eigenvalue weighted by molar-refractivity contribution is -0.297. The van der Waals surface area contributed by atoms with Gasteiger partial charge in [0, 0.05) is 5.57 Å². The topological polar surface area (TPSA) is 44.8 Å². The Morgan fingerprint density at radius 3 is 2.38 bits per heavy atom. The number of hydrogen-bond acceptors (Lipinski definition) is 4. The molecule has 0 aliphatic carbocycles. The minimum absolute atomic E-state index is 0.190. The van der Waals surface area contributed by atoms with Gasteiger partial charge < -0.3 is 4.74 Å². The predicted octanol–water partition coefficient (Wildman–Crippen LogP) is 1.46. The van der Waals surface area contributed by atoms with Gasteiger partial charge in [-0.25, -0.2) is 14.6 Å². The molecule has 0 amide bonds. The van der Waals surface area contributed by atoms with E-state index in [0.29, 0.717) is 12.2 Å². The highest BCUT2D eigenvalue weighted by atomic mass is 17.2. The third-order valence-corrected chi connectivity index (χ3v) is 1.12. The lowest BCUT2D eigenvalue weighted by Crippen LogP contribution is -2.11. The molecule has 4 heteroatoms. The molecule has 4 nitrogen and oxygen atoms in total. The van der Waals surface area contributed by atoms with Crippen LogP contribution in [0.1, 0.15) is 20.3 Å². The number of rotatable bonds is 7. The largest absolute Gasteiger partial charge is 0.460 e. The number of hydrogen-bond donors (Lipinski definition) is 0. The van der Waals surface area contributed by atoms with E-state index in [2.05, 4.69) is 6.58 Å². The summed E-state index contributed by atoms with van der Waals surface area (Å²) in [7, 11) is 0. The lowest BCUT2D eigenvalue weighted by atomic mass is 10.4. The van der Waals surface area contributed by atoms with Crippen molar-refractivity contribution in [2.24, 2.45) is 0 Å². The average molecular weight is 188 g/mol. The molecule has 0 aliphatic rings. The molecule has 0 saturated heterocycles. The second-order valence-corrected chi connectivity index (χ2v) is 2.56. The van der Waals surface area contributed by atoms with Crippen LogP contribution in [-0.2, 0) is 19.3 Å². The fourth-order valence-corrected chi connectivity index (χ4v) is 0.493. The van der Waals surface area contributed by atoms with Gasteiger partial charge >= 0.3 is 5.97 Å². The third-order valence-electron chi connectivity index (χ3n) is 1.12. The van der Waals surface area contributed by atoms with Crippen LogP contribution in [0.5, 0.6) is 0 Å². The van der Waals surface area contributed by atoms with E-state index in [4.69, 9.17) is 14.5 Å². The minimum Gasteiger partial charge on any atom is -0.460 e. The Labute approximate surface area is 78.4 Å². The summed E-state index contributed by atoms with van der Waals surface area (Å²) in [5.41, 5.74) is 0.384. The molecule has 13 heavy (non-hydrogen) atoms. The first-order valence-electron chi connectivity index (χ1n) is 4.25. The fraction of sp³-hybridized carbons (Fsp3) is 0.667. The number of ether oxygens (including phenoxy) is 1. The van der Waals surface area contributed by atoms with Crippen LogP contribution in [0.3, 0.4) is 0 Å². The van der Waals surface area contributed by atoms with Crippen LogP contribution in [0.15, 0.2) is 12.2 Å². The van der Waals surface area contributed by atoms with Gasteiger partial charge in [0.2, 0.25) is 0 Å². The molecule has 0 aromatic heterocycles. The Kier molecular flexibility index (Phi) is 7.24. The molecule has 0 spiro atoms. The van der Waals surface area contributed by atoms with Crippen LogP contribution < -0.4 is 0 Å². The highest BCUT2D eigenvalue weighted by Gasteiger charge is 2.01. The van der Waals surface area contributed by atoms with Crippen molar-refractivity contribution in [3.05, 3.63) is 12.2 Å². The van der Waals surface area contributed by atoms with Crippen LogP contribution in [-0.4, -0.2) is 25.8 Å². The van der Waals surface area contributed by atoms with Crippen molar-refractivity contribution in [2.45, 2.75) is 20.3 Å². The van der Waals surface area contributed by atoms with E-state index in [1.165, 1.54) is 0 Å². The average Bonchev–Trinajstić information content (AvgIpc) is 2.10. The van der Waals surface area contributed by atoms with Crippen LogP contribution in [0.2, 0.25) is 0 Å². The smallest absolute Gasteiger partial charge is 0.333 e. The van der Waals surface area contributed by atoms with Crippen molar-refractivity contribution in [3.8, 4) is 0 Å². The number of carbonyl (C=O) groups excluding carboxylic acids is 1. The van der Waals surface area contributed by atoms with Crippen LogP contribution >= 0.6 is 0 Å². The SMILES string of the molecule is C=C(C)C(=O)OCCOOCCC. The minimum atomic E-state index is -0.404. The van der Waals surface area contributed by atoms with Crippen LogP contribution in [0.25, 0.3) is 0 Å². The maximum Gasteiger partial charge on any atom is 0.333 e. The fourth-order valence-electron chi connectivity index (χ4n) is 0.493. The first-order chi connectivity index (χ1) is 6.18. The van der Waals surface area contributed by atoms with Gasteiger partial charge in [0.25, 0.3) is 0 Å². The normalized spacial score (nSPS) is 9.69. The summed E-state index contributed by atoms with van der Waals surface area (Å²) in [5.74, 6) is -0.404. The lowest BCUT2D eigenvalue weighted by Gasteiger charge is -2.04. The quantitative estimate of drug-likeness (QED) is 0.199. The Bertz CT molecular complexity index is 165. The van der Waals surface area contributed by atoms with E-state index < -0.39 is 5.97 Å². The van der Waals surface area contributed by atoms with Crippen molar-refractivity contribution >= 4 is 5.97 Å². The Morgan fingerprint density at radius 2 is 1.85 bits per heavy atom. The Hall–Kier alpha value is -0.870. The summed E-state index contributed by atoms with van der Waals surface area (Å²) in [6.45, 7) is 8.00. The second kappa shape index (κ2) is 7.76. The van der Waals surface area contributed by atoms with Crippen molar-refractivity contribution < 1.29 is 19.3 Å². The molecule has 0 rings (SSSR count). The van der Waals surface area contributed by atoms with E-state index in [1.54, 1.807) is 6.92 Å². The van der Waals surface area contributed by atoms with Gasteiger partial charge in [0.15, 0.2) is 0 Å². The molecule has 0 atom stereocenters. The molecule has 0 unspecified atom stereocenters. The summed E-state index contributed by atoms with van der Waals surface area (Å²) in [6.07, 6.45) is 0.894. The first kappa shape index (κ1) is 12.1. The summed E-state index contributed by atoms with van der Waals surface area (Å²) in [6, 6.07) is 0. The van der Waals surface area contributed by atoms with Crippen molar-refractivity contribution in [1.29, 1.82) is 0 Å². The molecule has 0 aliphatic heterocycles. The molecular weight excluding hydrogens is 172 g/mol. The number of carbonyl (C=O) groups is 1. The van der Waals surface area contributed by atoms with Gasteiger partial charge in [-0.2, -0.15) is 0 Å².